The average Bonchev–Trinajstić information content (AvgIpc) is 3.10. The molecular weight excluding hydrogens is 402 g/mol. The van der Waals surface area contributed by atoms with Crippen LogP contribution in [-0.4, -0.2) is 71.1 Å². The van der Waals surface area contributed by atoms with E-state index >= 15 is 0 Å². The van der Waals surface area contributed by atoms with Crippen molar-refractivity contribution in [3.63, 3.8) is 0 Å². The molecule has 158 valence electrons. The molecule has 1 fully saturated rings. The Morgan fingerprint density at radius 2 is 1.87 bits per heavy atom. The first-order valence-corrected chi connectivity index (χ1v) is 10.7. The fourth-order valence-electron chi connectivity index (χ4n) is 3.69. The Labute approximate surface area is 179 Å². The van der Waals surface area contributed by atoms with Crippen molar-refractivity contribution in [2.75, 3.05) is 40.4 Å². The largest absolute Gasteiger partial charge is 0.480 e. The molecule has 0 bridgehead atoms. The van der Waals surface area contributed by atoms with E-state index in [-0.39, 0.29) is 5.91 Å². The van der Waals surface area contributed by atoms with E-state index in [2.05, 4.69) is 19.9 Å². The predicted molar refractivity (Wildman–Crippen MR) is 115 cm³/mol. The number of hydrogen-bond donors (Lipinski definition) is 0. The number of thiophene rings is 1. The molecule has 0 aromatic carbocycles. The fraction of sp³-hybridized carbons (Fsp3) is 0.429. The Bertz CT molecular complexity index is 1030. The lowest BCUT2D eigenvalue weighted by Gasteiger charge is -2.34. The third kappa shape index (κ3) is 4.14. The molecule has 1 aliphatic heterocycles. The standard InChI is InChI=1S/C21H25N5O3S/c1-14-17-19(29-3)23-16(13-28-2)24-20(17)30-18(14)21(27)26-10-8-25(9-11-26)12-15-4-6-22-7-5-15/h4-7H,8-13H2,1-3H3. The van der Waals surface area contributed by atoms with Gasteiger partial charge in [-0.2, -0.15) is 4.98 Å². The maximum absolute atomic E-state index is 13.3. The van der Waals surface area contributed by atoms with Crippen molar-refractivity contribution < 1.29 is 14.3 Å². The van der Waals surface area contributed by atoms with Crippen LogP contribution in [0.1, 0.15) is 26.6 Å². The summed E-state index contributed by atoms with van der Waals surface area (Å²) in [4.78, 5) is 32.1. The highest BCUT2D eigenvalue weighted by atomic mass is 32.1. The maximum Gasteiger partial charge on any atom is 0.264 e. The van der Waals surface area contributed by atoms with Gasteiger partial charge in [0.15, 0.2) is 5.82 Å². The minimum Gasteiger partial charge on any atom is -0.480 e. The van der Waals surface area contributed by atoms with Crippen LogP contribution in [0.3, 0.4) is 0 Å². The number of rotatable bonds is 6. The zero-order valence-corrected chi connectivity index (χ0v) is 18.2. The summed E-state index contributed by atoms with van der Waals surface area (Å²) in [6.45, 7) is 6.21. The second-order valence-corrected chi connectivity index (χ2v) is 8.24. The topological polar surface area (TPSA) is 80.7 Å². The van der Waals surface area contributed by atoms with Gasteiger partial charge in [0.05, 0.1) is 17.4 Å². The van der Waals surface area contributed by atoms with Gasteiger partial charge in [-0.15, -0.1) is 11.3 Å². The second-order valence-electron chi connectivity index (χ2n) is 7.24. The zero-order chi connectivity index (χ0) is 21.1. The molecule has 3 aromatic heterocycles. The number of nitrogens with zero attached hydrogens (tertiary/aromatic N) is 5. The summed E-state index contributed by atoms with van der Waals surface area (Å²) < 4.78 is 10.6. The van der Waals surface area contributed by atoms with Crippen LogP contribution < -0.4 is 4.74 Å². The van der Waals surface area contributed by atoms with E-state index < -0.39 is 0 Å². The highest BCUT2D eigenvalue weighted by molar-refractivity contribution is 7.20. The van der Waals surface area contributed by atoms with Gasteiger partial charge in [0.25, 0.3) is 5.91 Å². The van der Waals surface area contributed by atoms with Crippen molar-refractivity contribution in [1.29, 1.82) is 0 Å². The molecule has 9 heteroatoms. The number of aryl methyl sites for hydroxylation is 1. The lowest BCUT2D eigenvalue weighted by Crippen LogP contribution is -2.48. The number of hydrogen-bond acceptors (Lipinski definition) is 8. The van der Waals surface area contributed by atoms with Gasteiger partial charge in [0.1, 0.15) is 11.4 Å². The molecule has 1 saturated heterocycles. The molecule has 4 heterocycles. The molecule has 0 N–H and O–H groups in total. The first-order chi connectivity index (χ1) is 14.6. The van der Waals surface area contributed by atoms with Crippen molar-refractivity contribution in [3.05, 3.63) is 46.4 Å². The van der Waals surface area contributed by atoms with Crippen LogP contribution in [0.2, 0.25) is 0 Å². The van der Waals surface area contributed by atoms with E-state index in [1.807, 2.05) is 36.4 Å². The van der Waals surface area contributed by atoms with E-state index in [9.17, 15) is 4.79 Å². The molecular formula is C21H25N5O3S. The number of carbonyl (C=O) groups excluding carboxylic acids is 1. The van der Waals surface area contributed by atoms with Gasteiger partial charge in [-0.25, -0.2) is 4.98 Å². The number of methoxy groups -OCH3 is 2. The SMILES string of the molecule is COCc1nc(OC)c2c(C)c(C(=O)N3CCN(Cc4ccncc4)CC3)sc2n1. The summed E-state index contributed by atoms with van der Waals surface area (Å²) in [7, 11) is 3.18. The maximum atomic E-state index is 13.3. The number of aromatic nitrogens is 3. The van der Waals surface area contributed by atoms with Gasteiger partial charge in [-0.1, -0.05) is 0 Å². The van der Waals surface area contributed by atoms with E-state index in [1.165, 1.54) is 16.9 Å². The number of amides is 1. The van der Waals surface area contributed by atoms with Crippen molar-refractivity contribution in [3.8, 4) is 5.88 Å². The van der Waals surface area contributed by atoms with Gasteiger partial charge >= 0.3 is 0 Å². The normalized spacial score (nSPS) is 15.0. The molecule has 0 atom stereocenters. The molecule has 0 unspecified atom stereocenters. The van der Waals surface area contributed by atoms with Crippen molar-refractivity contribution in [2.24, 2.45) is 0 Å². The van der Waals surface area contributed by atoms with E-state index in [0.29, 0.717) is 36.3 Å². The smallest absolute Gasteiger partial charge is 0.264 e. The van der Waals surface area contributed by atoms with Crippen LogP contribution in [0.5, 0.6) is 5.88 Å². The minimum absolute atomic E-state index is 0.0504. The summed E-state index contributed by atoms with van der Waals surface area (Å²) >= 11 is 1.40. The number of ether oxygens (including phenoxy) is 2. The van der Waals surface area contributed by atoms with Crippen molar-refractivity contribution in [1.82, 2.24) is 24.8 Å². The van der Waals surface area contributed by atoms with Gasteiger partial charge in [-0.05, 0) is 30.2 Å². The van der Waals surface area contributed by atoms with Crippen molar-refractivity contribution >= 4 is 27.5 Å². The molecule has 30 heavy (non-hydrogen) atoms. The van der Waals surface area contributed by atoms with Crippen LogP contribution in [0.15, 0.2) is 24.5 Å². The molecule has 1 amide bonds. The Hall–Kier alpha value is -2.62. The zero-order valence-electron chi connectivity index (χ0n) is 17.4. The monoisotopic (exact) mass is 427 g/mol. The lowest BCUT2D eigenvalue weighted by atomic mass is 10.1. The van der Waals surface area contributed by atoms with Crippen LogP contribution >= 0.6 is 11.3 Å². The average molecular weight is 428 g/mol. The van der Waals surface area contributed by atoms with E-state index in [0.717, 1.165) is 35.4 Å². The fourth-order valence-corrected chi connectivity index (χ4v) is 4.85. The first kappa shape index (κ1) is 20.6. The van der Waals surface area contributed by atoms with Gasteiger partial charge in [0.2, 0.25) is 5.88 Å². The highest BCUT2D eigenvalue weighted by Gasteiger charge is 2.27. The third-order valence-electron chi connectivity index (χ3n) is 5.28. The Balaban J connectivity index is 1.50. The van der Waals surface area contributed by atoms with Crippen LogP contribution in [0.25, 0.3) is 10.2 Å². The van der Waals surface area contributed by atoms with Gasteiger partial charge < -0.3 is 14.4 Å². The quantitative estimate of drug-likeness (QED) is 0.598. The van der Waals surface area contributed by atoms with E-state index in [1.54, 1.807) is 14.2 Å². The molecule has 8 nitrogen and oxygen atoms in total. The molecule has 0 saturated carbocycles. The van der Waals surface area contributed by atoms with Crippen molar-refractivity contribution in [2.45, 2.75) is 20.1 Å². The third-order valence-corrected chi connectivity index (χ3v) is 6.45. The first-order valence-electron chi connectivity index (χ1n) is 9.84. The Kier molecular flexibility index (Phi) is 6.21. The number of carbonyl (C=O) groups is 1. The lowest BCUT2D eigenvalue weighted by molar-refractivity contribution is 0.0632. The van der Waals surface area contributed by atoms with Crippen LogP contribution in [0.4, 0.5) is 0 Å². The van der Waals surface area contributed by atoms with Gasteiger partial charge in [0, 0.05) is 52.2 Å². The molecule has 3 aromatic rings. The predicted octanol–water partition coefficient (Wildman–Crippen LogP) is 2.51. The van der Waals surface area contributed by atoms with E-state index in [4.69, 9.17) is 9.47 Å². The molecule has 1 aliphatic rings. The van der Waals surface area contributed by atoms with Gasteiger partial charge in [-0.3, -0.25) is 14.7 Å². The number of piperazine rings is 1. The summed E-state index contributed by atoms with van der Waals surface area (Å²) in [6.07, 6.45) is 3.63. The molecule has 4 rings (SSSR count). The van der Waals surface area contributed by atoms with Crippen LogP contribution in [-0.2, 0) is 17.9 Å². The summed E-state index contributed by atoms with van der Waals surface area (Å²) in [6, 6.07) is 4.06. The summed E-state index contributed by atoms with van der Waals surface area (Å²) in [5.74, 6) is 1.09. The second kappa shape index (κ2) is 9.03. The Morgan fingerprint density at radius 1 is 1.13 bits per heavy atom. The molecule has 0 aliphatic carbocycles. The van der Waals surface area contributed by atoms with Crippen LogP contribution in [0, 0.1) is 6.92 Å². The number of fused-ring (bicyclic) bond motifs is 1. The highest BCUT2D eigenvalue weighted by Crippen LogP contribution is 2.35. The summed E-state index contributed by atoms with van der Waals surface area (Å²) in [5.41, 5.74) is 2.11. The Morgan fingerprint density at radius 3 is 2.53 bits per heavy atom. The summed E-state index contributed by atoms with van der Waals surface area (Å²) in [5, 5.41) is 0.807. The molecule has 0 spiro atoms. The molecule has 0 radical (unpaired) electrons. The minimum atomic E-state index is 0.0504. The number of pyridine rings is 1.